The molecule has 0 aliphatic heterocycles. The number of carbonyl (C=O) groups excluding carboxylic acids is 1. The van der Waals surface area contributed by atoms with E-state index in [-0.39, 0.29) is 19.1 Å². The normalized spacial score (nSPS) is 14.1. The van der Waals surface area contributed by atoms with Gasteiger partial charge in [0.1, 0.15) is 13.2 Å². The van der Waals surface area contributed by atoms with E-state index in [1.807, 2.05) is 27.2 Å². The third kappa shape index (κ3) is 65.3. The van der Waals surface area contributed by atoms with Gasteiger partial charge in [0.2, 0.25) is 5.91 Å². The lowest BCUT2D eigenvalue weighted by molar-refractivity contribution is -0.870. The molecular formula is C72H136N2O6P+. The average molecular weight is 1160 g/mol. The van der Waals surface area contributed by atoms with Crippen molar-refractivity contribution in [3.8, 4) is 0 Å². The Morgan fingerprint density at radius 3 is 1.14 bits per heavy atom. The van der Waals surface area contributed by atoms with Crippen molar-refractivity contribution in [3.63, 3.8) is 0 Å². The molecule has 0 heterocycles. The Bertz CT molecular complexity index is 1550. The van der Waals surface area contributed by atoms with Crippen LogP contribution in [0.1, 0.15) is 328 Å². The number of allylic oxidation sites excluding steroid dienone is 11. The Labute approximate surface area is 504 Å². The zero-order chi connectivity index (χ0) is 59.1. The summed E-state index contributed by atoms with van der Waals surface area (Å²) in [5.74, 6) is -0.181. The lowest BCUT2D eigenvalue weighted by atomic mass is 10.0. The van der Waals surface area contributed by atoms with Crippen molar-refractivity contribution in [2.24, 2.45) is 0 Å². The molecule has 0 aromatic carbocycles. The van der Waals surface area contributed by atoms with Crippen molar-refractivity contribution in [3.05, 3.63) is 72.9 Å². The summed E-state index contributed by atoms with van der Waals surface area (Å²) in [6, 6.07) is -0.864. The number of rotatable bonds is 64. The topological polar surface area (TPSA) is 105 Å². The summed E-state index contributed by atoms with van der Waals surface area (Å²) in [4.78, 5) is 23.4. The summed E-state index contributed by atoms with van der Waals surface area (Å²) in [7, 11) is 1.57. The smallest absolute Gasteiger partial charge is 0.387 e. The van der Waals surface area contributed by atoms with Crippen LogP contribution in [0.4, 0.5) is 0 Å². The highest BCUT2D eigenvalue weighted by atomic mass is 31.2. The molecule has 0 rings (SSSR count). The molecule has 3 N–H and O–H groups in total. The molecule has 0 saturated heterocycles. The van der Waals surface area contributed by atoms with Crippen LogP contribution in [0.25, 0.3) is 0 Å². The predicted octanol–water partition coefficient (Wildman–Crippen LogP) is 22.2. The van der Waals surface area contributed by atoms with Gasteiger partial charge in [-0.05, 0) is 70.6 Å². The quantitative estimate of drug-likeness (QED) is 0.0243. The van der Waals surface area contributed by atoms with E-state index in [1.165, 1.54) is 244 Å². The molecule has 81 heavy (non-hydrogen) atoms. The van der Waals surface area contributed by atoms with Crippen molar-refractivity contribution in [2.75, 3.05) is 40.9 Å². The van der Waals surface area contributed by atoms with Gasteiger partial charge >= 0.3 is 7.82 Å². The van der Waals surface area contributed by atoms with E-state index in [1.54, 1.807) is 6.08 Å². The van der Waals surface area contributed by atoms with Crippen LogP contribution < -0.4 is 5.32 Å². The van der Waals surface area contributed by atoms with Gasteiger partial charge in [-0.2, -0.15) is 0 Å². The Morgan fingerprint density at radius 1 is 0.432 bits per heavy atom. The van der Waals surface area contributed by atoms with Gasteiger partial charge in [-0.15, -0.1) is 0 Å². The number of hydrogen-bond donors (Lipinski definition) is 3. The average Bonchev–Trinajstić information content (AvgIpc) is 3.43. The van der Waals surface area contributed by atoms with Gasteiger partial charge in [0, 0.05) is 6.42 Å². The highest BCUT2D eigenvalue weighted by Gasteiger charge is 2.28. The zero-order valence-electron chi connectivity index (χ0n) is 54.3. The maximum atomic E-state index is 13.0. The van der Waals surface area contributed by atoms with Crippen molar-refractivity contribution in [1.29, 1.82) is 0 Å². The third-order valence-electron chi connectivity index (χ3n) is 15.7. The van der Waals surface area contributed by atoms with E-state index >= 15 is 0 Å². The van der Waals surface area contributed by atoms with E-state index in [2.05, 4.69) is 79.9 Å². The SMILES string of the molecule is CC/C=C\C/C=C\C/C=C\C/C=C\CCCCCCCCCCCCCCCCCCCCCCCCCCCCC(=O)NC(COP(=O)(O)OCC[N+](C)(C)C)C(O)/C=C/CC/C=C/CCCCCCCCCCCCCCCC. The molecule has 1 amide bonds. The molecule has 0 aromatic rings. The number of carbonyl (C=O) groups is 1. The van der Waals surface area contributed by atoms with E-state index < -0.39 is 20.0 Å². The Hall–Kier alpha value is -2.06. The molecule has 0 aliphatic carbocycles. The highest BCUT2D eigenvalue weighted by molar-refractivity contribution is 7.47. The third-order valence-corrected chi connectivity index (χ3v) is 16.6. The van der Waals surface area contributed by atoms with Gasteiger partial charge < -0.3 is 19.8 Å². The number of aliphatic hydroxyl groups excluding tert-OH is 1. The molecule has 474 valence electrons. The van der Waals surface area contributed by atoms with E-state index in [4.69, 9.17) is 9.05 Å². The second-order valence-corrected chi connectivity index (χ2v) is 26.3. The first kappa shape index (κ1) is 78.9. The molecular weight excluding hydrogens is 1020 g/mol. The largest absolute Gasteiger partial charge is 0.472 e. The molecule has 0 spiro atoms. The molecule has 8 nitrogen and oxygen atoms in total. The molecule has 0 saturated carbocycles. The Balaban J connectivity index is 3.97. The molecule has 0 fully saturated rings. The lowest BCUT2D eigenvalue weighted by Crippen LogP contribution is -2.45. The molecule has 0 aromatic heterocycles. The zero-order valence-corrected chi connectivity index (χ0v) is 55.2. The fraction of sp³-hybridized carbons (Fsp3) is 0.819. The Morgan fingerprint density at radius 2 is 0.753 bits per heavy atom. The van der Waals surface area contributed by atoms with Crippen LogP contribution in [-0.4, -0.2) is 73.4 Å². The lowest BCUT2D eigenvalue weighted by Gasteiger charge is -2.25. The van der Waals surface area contributed by atoms with Crippen LogP contribution in [0.3, 0.4) is 0 Å². The number of phosphoric acid groups is 1. The first-order valence-corrected chi connectivity index (χ1v) is 36.3. The van der Waals surface area contributed by atoms with Crippen molar-refractivity contribution in [2.45, 2.75) is 341 Å². The monoisotopic (exact) mass is 1160 g/mol. The van der Waals surface area contributed by atoms with Gasteiger partial charge in [0.05, 0.1) is 39.9 Å². The summed E-state index contributed by atoms with van der Waals surface area (Å²) < 4.78 is 23.8. The number of likely N-dealkylation sites (N-methyl/N-ethyl adjacent to an activating group) is 1. The van der Waals surface area contributed by atoms with Crippen LogP contribution in [0.5, 0.6) is 0 Å². The number of nitrogens with one attached hydrogen (secondary N) is 1. The summed E-state index contributed by atoms with van der Waals surface area (Å²) in [6.07, 6.45) is 87.8. The van der Waals surface area contributed by atoms with Crippen molar-refractivity contribution < 1.29 is 32.9 Å². The van der Waals surface area contributed by atoms with Gasteiger partial charge in [0.25, 0.3) is 0 Å². The summed E-state index contributed by atoms with van der Waals surface area (Å²) in [6.45, 7) is 4.72. The number of aliphatic hydroxyl groups is 1. The second-order valence-electron chi connectivity index (χ2n) is 24.9. The van der Waals surface area contributed by atoms with E-state index in [0.717, 1.165) is 64.2 Å². The van der Waals surface area contributed by atoms with Crippen molar-refractivity contribution >= 4 is 13.7 Å². The van der Waals surface area contributed by atoms with Gasteiger partial charge in [-0.25, -0.2) is 4.57 Å². The first-order chi connectivity index (χ1) is 39.5. The van der Waals surface area contributed by atoms with Crippen LogP contribution in [0, 0.1) is 0 Å². The van der Waals surface area contributed by atoms with Gasteiger partial charge in [-0.1, -0.05) is 324 Å². The van der Waals surface area contributed by atoms with Gasteiger partial charge in [-0.3, -0.25) is 13.8 Å². The van der Waals surface area contributed by atoms with Gasteiger partial charge in [0.15, 0.2) is 0 Å². The molecule has 9 heteroatoms. The van der Waals surface area contributed by atoms with Crippen LogP contribution in [-0.2, 0) is 18.4 Å². The maximum Gasteiger partial charge on any atom is 0.472 e. The number of phosphoric ester groups is 1. The minimum atomic E-state index is -4.36. The minimum Gasteiger partial charge on any atom is -0.387 e. The molecule has 0 bridgehead atoms. The van der Waals surface area contributed by atoms with Crippen LogP contribution >= 0.6 is 7.82 Å². The summed E-state index contributed by atoms with van der Waals surface area (Å²) >= 11 is 0. The molecule has 0 radical (unpaired) electrons. The predicted molar refractivity (Wildman–Crippen MR) is 355 cm³/mol. The second kappa shape index (κ2) is 62.5. The maximum absolute atomic E-state index is 13.0. The summed E-state index contributed by atoms with van der Waals surface area (Å²) in [5, 5.41) is 14.0. The van der Waals surface area contributed by atoms with E-state index in [0.29, 0.717) is 17.4 Å². The minimum absolute atomic E-state index is 0.0567. The first-order valence-electron chi connectivity index (χ1n) is 34.8. The summed E-state index contributed by atoms with van der Waals surface area (Å²) in [5.41, 5.74) is 0. The molecule has 3 atom stereocenters. The number of amides is 1. The van der Waals surface area contributed by atoms with E-state index in [9.17, 15) is 19.4 Å². The highest BCUT2D eigenvalue weighted by Crippen LogP contribution is 2.43. The standard InChI is InChI=1S/C72H135N2O6P/c1-6-8-10-12-14-16-18-20-22-24-26-28-29-30-31-32-33-34-35-36-37-38-39-40-41-42-43-44-45-46-48-50-52-54-56-58-60-62-64-66-72(76)73-70(69-80-81(77,78)79-68-67-74(3,4)5)71(75)65-63-61-59-57-55-53-51-49-47-27-25-23-21-19-17-15-13-11-9-7-2/h8,10,14,16,20,22,26,28,55,57,63,65,70-71,75H,6-7,9,11-13,15,17-19,21,23-25,27,29-54,56,58-62,64,66-69H2,1-5H3,(H-,73,76,77,78)/p+1/b10-8-,16-14-,22-20-,28-26-,57-55+,65-63+. The molecule has 3 unspecified atom stereocenters. The Kier molecular flexibility index (Phi) is 60.9. The number of quaternary nitrogens is 1. The van der Waals surface area contributed by atoms with Crippen LogP contribution in [0.15, 0.2) is 72.9 Å². The van der Waals surface area contributed by atoms with Crippen molar-refractivity contribution in [1.82, 2.24) is 5.32 Å². The fourth-order valence-corrected chi connectivity index (χ4v) is 11.0. The fourth-order valence-electron chi connectivity index (χ4n) is 10.3. The number of nitrogens with zero attached hydrogens (tertiary/aromatic N) is 1. The number of unbranched alkanes of at least 4 members (excludes halogenated alkanes) is 41. The molecule has 0 aliphatic rings. The van der Waals surface area contributed by atoms with Crippen LogP contribution in [0.2, 0.25) is 0 Å². The number of hydrogen-bond acceptors (Lipinski definition) is 5.